The SMILES string of the molecule is CN/C=C(\C(=N)c1cnn(C)c1)c1cnc2ccc(Cl)nc2c1. The van der Waals surface area contributed by atoms with E-state index in [1.54, 1.807) is 42.6 Å². The fourth-order valence-corrected chi connectivity index (χ4v) is 2.43. The van der Waals surface area contributed by atoms with E-state index >= 15 is 0 Å². The van der Waals surface area contributed by atoms with Gasteiger partial charge in [0.1, 0.15) is 5.15 Å². The lowest BCUT2D eigenvalue weighted by molar-refractivity contribution is 0.767. The molecule has 23 heavy (non-hydrogen) atoms. The van der Waals surface area contributed by atoms with Crippen LogP contribution in [-0.2, 0) is 7.05 Å². The predicted octanol–water partition coefficient (Wildman–Crippen LogP) is 2.65. The molecule has 3 aromatic heterocycles. The molecule has 116 valence electrons. The number of halogens is 1. The van der Waals surface area contributed by atoms with E-state index in [1.807, 2.05) is 19.2 Å². The number of nitrogens with one attached hydrogen (secondary N) is 2. The van der Waals surface area contributed by atoms with Gasteiger partial charge in [-0.3, -0.25) is 15.1 Å². The van der Waals surface area contributed by atoms with Gasteiger partial charge in [0.2, 0.25) is 0 Å². The summed E-state index contributed by atoms with van der Waals surface area (Å²) in [5.74, 6) is 0. The summed E-state index contributed by atoms with van der Waals surface area (Å²) in [6.45, 7) is 0. The Morgan fingerprint density at radius 3 is 2.78 bits per heavy atom. The maximum atomic E-state index is 8.46. The van der Waals surface area contributed by atoms with Gasteiger partial charge in [-0.1, -0.05) is 11.6 Å². The highest BCUT2D eigenvalue weighted by molar-refractivity contribution is 6.30. The Labute approximate surface area is 138 Å². The lowest BCUT2D eigenvalue weighted by Gasteiger charge is -2.09. The molecule has 2 N–H and O–H groups in total. The average Bonchev–Trinajstić information content (AvgIpc) is 2.98. The molecule has 0 unspecified atom stereocenters. The third-order valence-corrected chi connectivity index (χ3v) is 3.58. The molecule has 3 rings (SSSR count). The van der Waals surface area contributed by atoms with Crippen LogP contribution in [0.5, 0.6) is 0 Å². The van der Waals surface area contributed by atoms with E-state index in [-0.39, 0.29) is 0 Å². The van der Waals surface area contributed by atoms with Gasteiger partial charge >= 0.3 is 0 Å². The lowest BCUT2D eigenvalue weighted by Crippen LogP contribution is -2.07. The second kappa shape index (κ2) is 6.18. The zero-order chi connectivity index (χ0) is 16.4. The van der Waals surface area contributed by atoms with Crippen molar-refractivity contribution in [3.8, 4) is 0 Å². The summed E-state index contributed by atoms with van der Waals surface area (Å²) in [5, 5.41) is 16.0. The zero-order valence-corrected chi connectivity index (χ0v) is 13.5. The molecule has 6 nitrogen and oxygen atoms in total. The highest BCUT2D eigenvalue weighted by atomic mass is 35.5. The van der Waals surface area contributed by atoms with Crippen LogP contribution in [0.15, 0.2) is 43.0 Å². The molecule has 0 atom stereocenters. The van der Waals surface area contributed by atoms with Gasteiger partial charge in [0.05, 0.1) is 22.9 Å². The Morgan fingerprint density at radius 2 is 2.09 bits per heavy atom. The van der Waals surface area contributed by atoms with E-state index in [1.165, 1.54) is 0 Å². The number of aromatic nitrogens is 4. The molecule has 0 fully saturated rings. The zero-order valence-electron chi connectivity index (χ0n) is 12.7. The van der Waals surface area contributed by atoms with Crippen molar-refractivity contribution >= 4 is 33.9 Å². The summed E-state index contributed by atoms with van der Waals surface area (Å²) in [4.78, 5) is 8.68. The molecule has 0 saturated carbocycles. The molecule has 0 amide bonds. The van der Waals surface area contributed by atoms with Crippen molar-refractivity contribution in [2.45, 2.75) is 0 Å². The van der Waals surface area contributed by atoms with Gasteiger partial charge in [-0.15, -0.1) is 0 Å². The Hall–Kier alpha value is -2.73. The van der Waals surface area contributed by atoms with Crippen molar-refractivity contribution in [1.29, 1.82) is 5.41 Å². The average molecular weight is 327 g/mol. The van der Waals surface area contributed by atoms with E-state index < -0.39 is 0 Å². The van der Waals surface area contributed by atoms with Gasteiger partial charge in [0.15, 0.2) is 0 Å². The van der Waals surface area contributed by atoms with Crippen LogP contribution in [0.25, 0.3) is 16.6 Å². The first-order valence-electron chi connectivity index (χ1n) is 6.96. The van der Waals surface area contributed by atoms with Crippen LogP contribution >= 0.6 is 11.6 Å². The van der Waals surface area contributed by atoms with E-state index in [0.717, 1.165) is 16.6 Å². The standard InChI is InChI=1S/C16H15ClN6/c1-19-8-12(16(18)11-7-21-23(2)9-11)10-5-14-13(20-6-10)3-4-15(17)22-14/h3-9,18-19H,1-2H3/b12-8-,18-16?. The summed E-state index contributed by atoms with van der Waals surface area (Å²) in [6.07, 6.45) is 6.96. The highest BCUT2D eigenvalue weighted by Crippen LogP contribution is 2.22. The van der Waals surface area contributed by atoms with Crippen molar-refractivity contribution in [3.63, 3.8) is 0 Å². The molecule has 0 radical (unpaired) electrons. The minimum Gasteiger partial charge on any atom is -0.393 e. The maximum absolute atomic E-state index is 8.46. The summed E-state index contributed by atoms with van der Waals surface area (Å²) >= 11 is 5.95. The summed E-state index contributed by atoms with van der Waals surface area (Å²) < 4.78 is 1.67. The third-order valence-electron chi connectivity index (χ3n) is 3.37. The van der Waals surface area contributed by atoms with Crippen molar-refractivity contribution in [3.05, 3.63) is 59.3 Å². The number of fused-ring (bicyclic) bond motifs is 1. The minimum absolute atomic E-state index is 0.357. The molecule has 0 spiro atoms. The first kappa shape index (κ1) is 15.2. The number of pyridine rings is 2. The fraction of sp³-hybridized carbons (Fsp3) is 0.125. The third kappa shape index (κ3) is 3.07. The molecule has 3 aromatic rings. The number of hydrogen-bond acceptors (Lipinski definition) is 5. The van der Waals surface area contributed by atoms with Crippen LogP contribution in [0.1, 0.15) is 11.1 Å². The molecule has 3 heterocycles. The molecule has 0 aliphatic rings. The van der Waals surface area contributed by atoms with Crippen LogP contribution in [0.3, 0.4) is 0 Å². The van der Waals surface area contributed by atoms with Crippen LogP contribution < -0.4 is 5.32 Å². The Kier molecular flexibility index (Phi) is 4.08. The van der Waals surface area contributed by atoms with Crippen LogP contribution in [0, 0.1) is 5.41 Å². The van der Waals surface area contributed by atoms with Crippen molar-refractivity contribution < 1.29 is 0 Å². The number of aryl methyl sites for hydroxylation is 1. The van der Waals surface area contributed by atoms with Crippen LogP contribution in [-0.4, -0.2) is 32.5 Å². The van der Waals surface area contributed by atoms with Crippen LogP contribution in [0.4, 0.5) is 0 Å². The Balaban J connectivity index is 2.08. The number of rotatable bonds is 4. The van der Waals surface area contributed by atoms with Crippen molar-refractivity contribution in [2.75, 3.05) is 7.05 Å². The van der Waals surface area contributed by atoms with Crippen molar-refractivity contribution in [1.82, 2.24) is 25.1 Å². The molecule has 0 saturated heterocycles. The van der Waals surface area contributed by atoms with E-state index in [0.29, 0.717) is 22.0 Å². The van der Waals surface area contributed by atoms with Gasteiger partial charge in [-0.2, -0.15) is 5.10 Å². The molecule has 0 aliphatic carbocycles. The van der Waals surface area contributed by atoms with Gasteiger partial charge in [-0.05, 0) is 18.2 Å². The Morgan fingerprint density at radius 1 is 1.26 bits per heavy atom. The highest BCUT2D eigenvalue weighted by Gasteiger charge is 2.13. The van der Waals surface area contributed by atoms with Gasteiger partial charge < -0.3 is 5.32 Å². The monoisotopic (exact) mass is 326 g/mol. The molecule has 7 heteroatoms. The largest absolute Gasteiger partial charge is 0.393 e. The molecular weight excluding hydrogens is 312 g/mol. The van der Waals surface area contributed by atoms with Gasteiger partial charge in [0.25, 0.3) is 0 Å². The molecule has 0 aliphatic heterocycles. The van der Waals surface area contributed by atoms with Gasteiger partial charge in [0, 0.05) is 49.4 Å². The summed E-state index contributed by atoms with van der Waals surface area (Å²) in [7, 11) is 3.61. The number of hydrogen-bond donors (Lipinski definition) is 2. The quantitative estimate of drug-likeness (QED) is 0.570. The second-order valence-electron chi connectivity index (χ2n) is 5.02. The first-order valence-corrected chi connectivity index (χ1v) is 7.34. The molecule has 0 bridgehead atoms. The van der Waals surface area contributed by atoms with Gasteiger partial charge in [-0.25, -0.2) is 4.98 Å². The smallest absolute Gasteiger partial charge is 0.129 e. The van der Waals surface area contributed by atoms with E-state index in [2.05, 4.69) is 20.4 Å². The summed E-state index contributed by atoms with van der Waals surface area (Å²) in [6, 6.07) is 5.41. The second-order valence-corrected chi connectivity index (χ2v) is 5.41. The number of nitrogens with zero attached hydrogens (tertiary/aromatic N) is 4. The Bertz CT molecular complexity index is 912. The van der Waals surface area contributed by atoms with E-state index in [9.17, 15) is 0 Å². The normalized spacial score (nSPS) is 11.7. The van der Waals surface area contributed by atoms with Crippen LogP contribution in [0.2, 0.25) is 5.15 Å². The predicted molar refractivity (Wildman–Crippen MR) is 91.6 cm³/mol. The van der Waals surface area contributed by atoms with E-state index in [4.69, 9.17) is 17.0 Å². The van der Waals surface area contributed by atoms with Crippen molar-refractivity contribution in [2.24, 2.45) is 7.05 Å². The maximum Gasteiger partial charge on any atom is 0.129 e. The topological polar surface area (TPSA) is 79.5 Å². The minimum atomic E-state index is 0.357. The molecular formula is C16H15ClN6. The number of allylic oxidation sites excluding steroid dienone is 1. The summed E-state index contributed by atoms with van der Waals surface area (Å²) in [5.41, 5.74) is 4.03. The lowest BCUT2D eigenvalue weighted by atomic mass is 9.99. The molecule has 0 aromatic carbocycles. The first-order chi connectivity index (χ1) is 11.1. The fourth-order valence-electron chi connectivity index (χ4n) is 2.28.